The van der Waals surface area contributed by atoms with E-state index in [4.69, 9.17) is 30.8 Å². The number of nitrogens with zero attached hydrogens (tertiary/aromatic N) is 2. The molecule has 0 spiro atoms. The molecule has 0 N–H and O–H groups in total. The molecule has 3 aromatic carbocycles. The average Bonchev–Trinajstić information content (AvgIpc) is 3.24. The van der Waals surface area contributed by atoms with Crippen molar-refractivity contribution in [3.05, 3.63) is 77.9 Å². The Morgan fingerprint density at radius 2 is 1.30 bits per heavy atom. The number of hydrogen-bond donors (Lipinski definition) is 0. The smallest absolute Gasteiger partial charge is 0.146 e. The summed E-state index contributed by atoms with van der Waals surface area (Å²) >= 11 is 6.57. The number of benzene rings is 3. The molecule has 4 rings (SSSR count). The Bertz CT molecular complexity index is 1150. The SMILES string of the molecule is COc1ccc(-c2cn(-c3ccc(OC)cc3)c(-c3ccc(OC)cc3Cl)n2)cc1. The van der Waals surface area contributed by atoms with E-state index in [9.17, 15) is 0 Å². The van der Waals surface area contributed by atoms with Crippen LogP contribution in [0.5, 0.6) is 17.2 Å². The lowest BCUT2D eigenvalue weighted by molar-refractivity contribution is 0.414. The van der Waals surface area contributed by atoms with Gasteiger partial charge in [-0.1, -0.05) is 11.6 Å². The molecule has 0 amide bonds. The van der Waals surface area contributed by atoms with Crippen molar-refractivity contribution in [3.8, 4) is 45.6 Å². The molecule has 0 unspecified atom stereocenters. The van der Waals surface area contributed by atoms with Crippen LogP contribution in [0.3, 0.4) is 0 Å². The van der Waals surface area contributed by atoms with Gasteiger partial charge in [-0.3, -0.25) is 4.57 Å². The monoisotopic (exact) mass is 420 g/mol. The van der Waals surface area contributed by atoms with Gasteiger partial charge in [-0.15, -0.1) is 0 Å². The van der Waals surface area contributed by atoms with Gasteiger partial charge in [0.1, 0.15) is 23.1 Å². The minimum atomic E-state index is 0.566. The van der Waals surface area contributed by atoms with E-state index >= 15 is 0 Å². The summed E-state index contributed by atoms with van der Waals surface area (Å²) < 4.78 is 17.9. The largest absolute Gasteiger partial charge is 0.497 e. The number of hydrogen-bond acceptors (Lipinski definition) is 4. The lowest BCUT2D eigenvalue weighted by atomic mass is 10.1. The van der Waals surface area contributed by atoms with Crippen LogP contribution in [-0.2, 0) is 0 Å². The molecule has 0 saturated heterocycles. The summed E-state index contributed by atoms with van der Waals surface area (Å²) in [7, 11) is 4.92. The van der Waals surface area contributed by atoms with Crippen LogP contribution in [0.4, 0.5) is 0 Å². The van der Waals surface area contributed by atoms with E-state index in [1.54, 1.807) is 27.4 Å². The average molecular weight is 421 g/mol. The maximum absolute atomic E-state index is 6.57. The summed E-state index contributed by atoms with van der Waals surface area (Å²) in [5.74, 6) is 3.02. The van der Waals surface area contributed by atoms with Crippen LogP contribution in [0.25, 0.3) is 28.3 Å². The number of halogens is 1. The van der Waals surface area contributed by atoms with Crippen molar-refractivity contribution in [1.82, 2.24) is 9.55 Å². The second-order valence-corrected chi connectivity index (χ2v) is 7.00. The topological polar surface area (TPSA) is 45.5 Å². The normalized spacial score (nSPS) is 10.7. The van der Waals surface area contributed by atoms with Gasteiger partial charge in [0.15, 0.2) is 0 Å². The highest BCUT2D eigenvalue weighted by molar-refractivity contribution is 6.33. The number of imidazole rings is 1. The predicted molar refractivity (Wildman–Crippen MR) is 119 cm³/mol. The van der Waals surface area contributed by atoms with Crippen LogP contribution in [-0.4, -0.2) is 30.9 Å². The molecule has 0 saturated carbocycles. The first-order chi connectivity index (χ1) is 14.6. The van der Waals surface area contributed by atoms with Crippen molar-refractivity contribution in [2.75, 3.05) is 21.3 Å². The molecule has 5 nitrogen and oxygen atoms in total. The molecule has 1 aromatic heterocycles. The molecule has 152 valence electrons. The van der Waals surface area contributed by atoms with Crippen LogP contribution < -0.4 is 14.2 Å². The van der Waals surface area contributed by atoms with E-state index in [1.807, 2.05) is 71.4 Å². The third kappa shape index (κ3) is 3.84. The van der Waals surface area contributed by atoms with Gasteiger partial charge >= 0.3 is 0 Å². The first-order valence-corrected chi connectivity index (χ1v) is 9.73. The minimum absolute atomic E-state index is 0.566. The summed E-state index contributed by atoms with van der Waals surface area (Å²) in [5, 5.41) is 0.566. The standard InChI is InChI=1S/C24H21ClN2O3/c1-28-18-8-4-16(5-9-18)23-15-27(17-6-10-19(29-2)11-7-17)24(26-23)21-13-12-20(30-3)14-22(21)25/h4-15H,1-3H3. The minimum Gasteiger partial charge on any atom is -0.497 e. The van der Waals surface area contributed by atoms with Crippen molar-refractivity contribution in [1.29, 1.82) is 0 Å². The summed E-state index contributed by atoms with van der Waals surface area (Å²) in [6.07, 6.45) is 2.00. The lowest BCUT2D eigenvalue weighted by Crippen LogP contribution is -1.97. The summed E-state index contributed by atoms with van der Waals surface area (Å²) in [6.45, 7) is 0. The molecule has 0 aliphatic heterocycles. The van der Waals surface area contributed by atoms with Crippen LogP contribution in [0.2, 0.25) is 5.02 Å². The van der Waals surface area contributed by atoms with Crippen molar-refractivity contribution in [2.24, 2.45) is 0 Å². The van der Waals surface area contributed by atoms with E-state index in [-0.39, 0.29) is 0 Å². The van der Waals surface area contributed by atoms with E-state index in [0.717, 1.165) is 39.8 Å². The molecule has 0 fully saturated rings. The third-order valence-corrected chi connectivity index (χ3v) is 5.17. The number of methoxy groups -OCH3 is 3. The Hall–Kier alpha value is -3.44. The fourth-order valence-corrected chi connectivity index (χ4v) is 3.47. The molecular weight excluding hydrogens is 400 g/mol. The van der Waals surface area contributed by atoms with Gasteiger partial charge in [-0.2, -0.15) is 0 Å². The summed E-state index contributed by atoms with van der Waals surface area (Å²) in [5.41, 5.74) is 3.57. The molecule has 0 aliphatic carbocycles. The molecule has 0 aliphatic rings. The van der Waals surface area contributed by atoms with E-state index < -0.39 is 0 Å². The Morgan fingerprint density at radius 3 is 1.87 bits per heavy atom. The summed E-state index contributed by atoms with van der Waals surface area (Å²) in [6, 6.07) is 21.2. The first-order valence-electron chi connectivity index (χ1n) is 9.35. The maximum Gasteiger partial charge on any atom is 0.146 e. The zero-order valence-electron chi connectivity index (χ0n) is 16.9. The highest BCUT2D eigenvalue weighted by Crippen LogP contribution is 2.34. The van der Waals surface area contributed by atoms with Crippen molar-refractivity contribution < 1.29 is 14.2 Å². The molecule has 0 bridgehead atoms. The fraction of sp³-hybridized carbons (Fsp3) is 0.125. The van der Waals surface area contributed by atoms with E-state index in [2.05, 4.69) is 0 Å². The first kappa shape index (κ1) is 19.9. The van der Waals surface area contributed by atoms with Crippen LogP contribution in [0.15, 0.2) is 72.9 Å². The number of aromatic nitrogens is 2. The van der Waals surface area contributed by atoms with Gasteiger partial charge in [0.25, 0.3) is 0 Å². The molecule has 0 radical (unpaired) electrons. The third-order valence-electron chi connectivity index (χ3n) is 4.86. The molecule has 6 heteroatoms. The summed E-state index contributed by atoms with van der Waals surface area (Å²) in [4.78, 5) is 4.91. The van der Waals surface area contributed by atoms with Gasteiger partial charge in [-0.05, 0) is 66.7 Å². The van der Waals surface area contributed by atoms with Crippen molar-refractivity contribution in [2.45, 2.75) is 0 Å². The highest BCUT2D eigenvalue weighted by atomic mass is 35.5. The predicted octanol–water partition coefficient (Wildman–Crippen LogP) is 5.89. The van der Waals surface area contributed by atoms with Gasteiger partial charge in [0.2, 0.25) is 0 Å². The Labute approximate surface area is 180 Å². The molecule has 0 atom stereocenters. The molecule has 1 heterocycles. The van der Waals surface area contributed by atoms with Gasteiger partial charge in [0, 0.05) is 23.0 Å². The van der Waals surface area contributed by atoms with Gasteiger partial charge in [0.05, 0.1) is 32.0 Å². The van der Waals surface area contributed by atoms with E-state index in [1.165, 1.54) is 0 Å². The Balaban J connectivity index is 1.86. The molecule has 4 aromatic rings. The van der Waals surface area contributed by atoms with Gasteiger partial charge in [-0.25, -0.2) is 4.98 Å². The van der Waals surface area contributed by atoms with Gasteiger partial charge < -0.3 is 14.2 Å². The van der Waals surface area contributed by atoms with Crippen molar-refractivity contribution >= 4 is 11.6 Å². The van der Waals surface area contributed by atoms with E-state index in [0.29, 0.717) is 10.8 Å². The number of ether oxygens (including phenoxy) is 3. The van der Waals surface area contributed by atoms with Crippen LogP contribution in [0, 0.1) is 0 Å². The molecular formula is C24H21ClN2O3. The molecule has 30 heavy (non-hydrogen) atoms. The van der Waals surface area contributed by atoms with Crippen LogP contribution >= 0.6 is 11.6 Å². The zero-order valence-corrected chi connectivity index (χ0v) is 17.7. The Morgan fingerprint density at radius 1 is 0.733 bits per heavy atom. The zero-order chi connectivity index (χ0) is 21.1. The lowest BCUT2D eigenvalue weighted by Gasteiger charge is -2.10. The highest BCUT2D eigenvalue weighted by Gasteiger charge is 2.16. The quantitative estimate of drug-likeness (QED) is 0.390. The second kappa shape index (κ2) is 8.51. The van der Waals surface area contributed by atoms with Crippen molar-refractivity contribution in [3.63, 3.8) is 0 Å². The Kier molecular flexibility index (Phi) is 5.63. The second-order valence-electron chi connectivity index (χ2n) is 6.59. The van der Waals surface area contributed by atoms with Crippen LogP contribution in [0.1, 0.15) is 0 Å². The number of rotatable bonds is 6. The fourth-order valence-electron chi connectivity index (χ4n) is 3.21. The maximum atomic E-state index is 6.57.